The number of aromatic nitrogens is 3. The third-order valence-electron chi connectivity index (χ3n) is 2.18. The van der Waals surface area contributed by atoms with Crippen LogP contribution in [-0.4, -0.2) is 29.9 Å². The molecule has 1 heterocycles. The summed E-state index contributed by atoms with van der Waals surface area (Å²) in [5, 5.41) is 6.84. The summed E-state index contributed by atoms with van der Waals surface area (Å²) < 4.78 is 26.4. The molecule has 0 fully saturated rings. The third-order valence-corrected chi connectivity index (χ3v) is 4.06. The van der Waals surface area contributed by atoms with E-state index in [9.17, 15) is 8.42 Å². The van der Waals surface area contributed by atoms with Crippen LogP contribution in [0.2, 0.25) is 0 Å². The van der Waals surface area contributed by atoms with Crippen LogP contribution in [-0.2, 0) is 10.0 Å². The van der Waals surface area contributed by atoms with Gasteiger partial charge in [0, 0.05) is 0 Å². The van der Waals surface area contributed by atoms with Crippen molar-refractivity contribution in [3.63, 3.8) is 0 Å². The fraction of sp³-hybridized carbons (Fsp3) is 0.200. The van der Waals surface area contributed by atoms with Crippen molar-refractivity contribution in [2.75, 3.05) is 11.0 Å². The van der Waals surface area contributed by atoms with Gasteiger partial charge in [-0.05, 0) is 30.9 Å². The quantitative estimate of drug-likeness (QED) is 0.833. The maximum atomic E-state index is 12.0. The van der Waals surface area contributed by atoms with Crippen molar-refractivity contribution in [1.29, 1.82) is 0 Å². The number of aryl methyl sites for hydroxylation is 1. The van der Waals surface area contributed by atoms with Crippen molar-refractivity contribution >= 4 is 27.7 Å². The van der Waals surface area contributed by atoms with Gasteiger partial charge in [0.2, 0.25) is 11.1 Å². The number of H-pyrrole nitrogens is 1. The first-order valence-corrected chi connectivity index (χ1v) is 7.78. The zero-order valence-electron chi connectivity index (χ0n) is 9.84. The fourth-order valence-corrected chi connectivity index (χ4v) is 2.73. The molecule has 0 aliphatic heterocycles. The van der Waals surface area contributed by atoms with Crippen molar-refractivity contribution in [2.45, 2.75) is 17.0 Å². The molecule has 18 heavy (non-hydrogen) atoms. The summed E-state index contributed by atoms with van der Waals surface area (Å²) in [4.78, 5) is 4.17. The van der Waals surface area contributed by atoms with E-state index in [-0.39, 0.29) is 10.8 Å². The molecule has 1 aromatic heterocycles. The van der Waals surface area contributed by atoms with Gasteiger partial charge in [-0.25, -0.2) is 18.2 Å². The standard InChI is InChI=1S/C10H12N4O2S2/c1-7-4-3-5-8(6-7)18(15,16)14-9-11-10(17-2)13-12-9/h3-6H,1-2H3,(H2,11,12,13,14). The van der Waals surface area contributed by atoms with Gasteiger partial charge in [0.05, 0.1) is 4.90 Å². The maximum absolute atomic E-state index is 12.0. The van der Waals surface area contributed by atoms with Crippen molar-refractivity contribution < 1.29 is 8.42 Å². The number of thioether (sulfide) groups is 1. The van der Waals surface area contributed by atoms with Gasteiger partial charge in [0.15, 0.2) is 0 Å². The van der Waals surface area contributed by atoms with Crippen molar-refractivity contribution in [3.8, 4) is 0 Å². The molecular weight excluding hydrogens is 272 g/mol. The molecular formula is C10H12N4O2S2. The first-order chi connectivity index (χ1) is 8.51. The lowest BCUT2D eigenvalue weighted by molar-refractivity contribution is 0.600. The van der Waals surface area contributed by atoms with E-state index in [2.05, 4.69) is 19.9 Å². The Balaban J connectivity index is 2.27. The molecule has 6 nitrogen and oxygen atoms in total. The first-order valence-electron chi connectivity index (χ1n) is 5.07. The molecule has 1 aromatic carbocycles. The van der Waals surface area contributed by atoms with Crippen molar-refractivity contribution in [1.82, 2.24) is 15.2 Å². The Bertz CT molecular complexity index is 651. The molecule has 0 saturated carbocycles. The number of rotatable bonds is 4. The summed E-state index contributed by atoms with van der Waals surface area (Å²) in [6, 6.07) is 6.65. The molecule has 0 spiro atoms. The minimum atomic E-state index is -3.62. The largest absolute Gasteiger partial charge is 0.264 e. The second kappa shape index (κ2) is 4.99. The van der Waals surface area contributed by atoms with Crippen LogP contribution in [0.4, 0.5) is 5.95 Å². The van der Waals surface area contributed by atoms with Gasteiger partial charge >= 0.3 is 0 Å². The van der Waals surface area contributed by atoms with E-state index < -0.39 is 10.0 Å². The minimum Gasteiger partial charge on any atom is -0.248 e. The highest BCUT2D eigenvalue weighted by atomic mass is 32.2. The maximum Gasteiger partial charge on any atom is 0.264 e. The lowest BCUT2D eigenvalue weighted by atomic mass is 10.2. The van der Waals surface area contributed by atoms with Gasteiger partial charge in [-0.3, -0.25) is 0 Å². The van der Waals surface area contributed by atoms with Crippen LogP contribution in [0.5, 0.6) is 0 Å². The Labute approximate surface area is 109 Å². The van der Waals surface area contributed by atoms with E-state index in [1.54, 1.807) is 12.1 Å². The Morgan fingerprint density at radius 2 is 2.17 bits per heavy atom. The van der Waals surface area contributed by atoms with Gasteiger partial charge in [-0.2, -0.15) is 4.98 Å². The molecule has 0 radical (unpaired) electrons. The smallest absolute Gasteiger partial charge is 0.248 e. The first kappa shape index (κ1) is 12.9. The number of hydrogen-bond donors (Lipinski definition) is 2. The Morgan fingerprint density at radius 1 is 1.39 bits per heavy atom. The summed E-state index contributed by atoms with van der Waals surface area (Å²) >= 11 is 1.33. The Kier molecular flexibility index (Phi) is 3.58. The lowest BCUT2D eigenvalue weighted by Crippen LogP contribution is -2.14. The average Bonchev–Trinajstić information content (AvgIpc) is 2.76. The van der Waals surface area contributed by atoms with E-state index in [0.29, 0.717) is 5.16 Å². The van der Waals surface area contributed by atoms with E-state index in [1.165, 1.54) is 17.8 Å². The number of aromatic amines is 1. The molecule has 0 atom stereocenters. The zero-order valence-corrected chi connectivity index (χ0v) is 11.5. The fourth-order valence-electron chi connectivity index (χ4n) is 1.35. The van der Waals surface area contributed by atoms with Gasteiger partial charge in [-0.15, -0.1) is 5.10 Å². The molecule has 0 unspecified atom stereocenters. The van der Waals surface area contributed by atoms with Gasteiger partial charge in [-0.1, -0.05) is 23.9 Å². The van der Waals surface area contributed by atoms with Gasteiger partial charge < -0.3 is 0 Å². The van der Waals surface area contributed by atoms with Crippen LogP contribution in [0.25, 0.3) is 0 Å². The van der Waals surface area contributed by atoms with Crippen LogP contribution in [0.3, 0.4) is 0 Å². The number of nitrogens with zero attached hydrogens (tertiary/aromatic N) is 2. The van der Waals surface area contributed by atoms with E-state index in [4.69, 9.17) is 0 Å². The summed E-state index contributed by atoms with van der Waals surface area (Å²) in [5.41, 5.74) is 0.875. The normalized spacial score (nSPS) is 11.4. The molecule has 0 bridgehead atoms. The molecule has 2 aromatic rings. The van der Waals surface area contributed by atoms with Gasteiger partial charge in [0.25, 0.3) is 10.0 Å². The second-order valence-corrected chi connectivity index (χ2v) is 6.05. The van der Waals surface area contributed by atoms with Crippen LogP contribution in [0, 0.1) is 6.92 Å². The molecule has 0 amide bonds. The topological polar surface area (TPSA) is 87.7 Å². The molecule has 96 valence electrons. The molecule has 2 rings (SSSR count). The summed E-state index contributed by atoms with van der Waals surface area (Å²) in [6.07, 6.45) is 1.81. The predicted molar refractivity (Wildman–Crippen MR) is 70.2 cm³/mol. The summed E-state index contributed by atoms with van der Waals surface area (Å²) in [5.74, 6) is 0.112. The number of hydrogen-bond acceptors (Lipinski definition) is 5. The summed E-state index contributed by atoms with van der Waals surface area (Å²) in [7, 11) is -3.62. The molecule has 0 aliphatic rings. The van der Waals surface area contributed by atoms with E-state index in [0.717, 1.165) is 5.56 Å². The number of anilines is 1. The zero-order chi connectivity index (χ0) is 13.2. The molecule has 0 aliphatic carbocycles. The van der Waals surface area contributed by atoms with Crippen LogP contribution in [0.1, 0.15) is 5.56 Å². The number of sulfonamides is 1. The minimum absolute atomic E-state index is 0.112. The highest BCUT2D eigenvalue weighted by Gasteiger charge is 2.16. The number of benzene rings is 1. The van der Waals surface area contributed by atoms with E-state index >= 15 is 0 Å². The molecule has 0 saturated heterocycles. The highest BCUT2D eigenvalue weighted by molar-refractivity contribution is 7.98. The number of nitrogens with one attached hydrogen (secondary N) is 2. The van der Waals surface area contributed by atoms with Crippen molar-refractivity contribution in [3.05, 3.63) is 29.8 Å². The third kappa shape index (κ3) is 2.82. The van der Waals surface area contributed by atoms with Crippen LogP contribution in [0.15, 0.2) is 34.3 Å². The molecule has 8 heteroatoms. The monoisotopic (exact) mass is 284 g/mol. The van der Waals surface area contributed by atoms with Crippen molar-refractivity contribution in [2.24, 2.45) is 0 Å². The lowest BCUT2D eigenvalue weighted by Gasteiger charge is -2.05. The summed E-state index contributed by atoms with van der Waals surface area (Å²) in [6.45, 7) is 1.83. The Morgan fingerprint density at radius 3 is 2.78 bits per heavy atom. The van der Waals surface area contributed by atoms with Crippen LogP contribution < -0.4 is 4.72 Å². The van der Waals surface area contributed by atoms with E-state index in [1.807, 2.05) is 19.2 Å². The highest BCUT2D eigenvalue weighted by Crippen LogP contribution is 2.16. The SMILES string of the molecule is CSc1n[nH]c(NS(=O)(=O)c2cccc(C)c2)n1. The average molecular weight is 284 g/mol. The Hall–Kier alpha value is -1.54. The van der Waals surface area contributed by atoms with Crippen LogP contribution >= 0.6 is 11.8 Å². The second-order valence-electron chi connectivity index (χ2n) is 3.59. The molecule has 2 N–H and O–H groups in total. The predicted octanol–water partition coefficient (Wildman–Crippen LogP) is 1.64. The van der Waals surface area contributed by atoms with Gasteiger partial charge in [0.1, 0.15) is 0 Å².